The van der Waals surface area contributed by atoms with Crippen molar-refractivity contribution in [2.24, 2.45) is 0 Å². The van der Waals surface area contributed by atoms with E-state index in [1.165, 1.54) is 12.6 Å². The van der Waals surface area contributed by atoms with Gasteiger partial charge < -0.3 is 10.2 Å². The topological polar surface area (TPSA) is 58.1 Å². The van der Waals surface area contributed by atoms with Crippen LogP contribution in [0, 0.1) is 0 Å². The maximum absolute atomic E-state index is 11.7. The number of carbonyl (C=O) groups is 1. The lowest BCUT2D eigenvalue weighted by molar-refractivity contribution is 0.0950. The second-order valence-corrected chi connectivity index (χ2v) is 4.79. The first-order valence-corrected chi connectivity index (χ1v) is 6.49. The van der Waals surface area contributed by atoms with E-state index in [0.717, 1.165) is 25.2 Å². The van der Waals surface area contributed by atoms with Gasteiger partial charge in [-0.15, -0.1) is 0 Å². The highest BCUT2D eigenvalue weighted by molar-refractivity contribution is 5.91. The van der Waals surface area contributed by atoms with Gasteiger partial charge in [0.1, 0.15) is 5.69 Å². The molecule has 5 heteroatoms. The first-order valence-electron chi connectivity index (χ1n) is 6.49. The highest BCUT2D eigenvalue weighted by Crippen LogP contribution is 2.24. The Hall–Kier alpha value is -1.49. The van der Waals surface area contributed by atoms with Crippen LogP contribution >= 0.6 is 0 Å². The number of nitrogens with zero attached hydrogens (tertiary/aromatic N) is 3. The van der Waals surface area contributed by atoms with E-state index in [2.05, 4.69) is 27.2 Å². The first kappa shape index (κ1) is 13.0. The first-order chi connectivity index (χ1) is 8.70. The molecule has 0 aromatic carbocycles. The minimum absolute atomic E-state index is 0.143. The molecule has 98 valence electrons. The van der Waals surface area contributed by atoms with Crippen molar-refractivity contribution >= 4 is 5.91 Å². The summed E-state index contributed by atoms with van der Waals surface area (Å²) in [6.45, 7) is 4.63. The van der Waals surface area contributed by atoms with Crippen molar-refractivity contribution in [1.82, 2.24) is 20.2 Å². The third kappa shape index (κ3) is 3.04. The molecule has 18 heavy (non-hydrogen) atoms. The van der Waals surface area contributed by atoms with E-state index in [1.807, 2.05) is 6.92 Å². The van der Waals surface area contributed by atoms with E-state index in [-0.39, 0.29) is 5.91 Å². The average molecular weight is 248 g/mol. The molecule has 2 rings (SSSR count). The van der Waals surface area contributed by atoms with Gasteiger partial charge in [0, 0.05) is 25.2 Å². The zero-order valence-corrected chi connectivity index (χ0v) is 11.0. The Labute approximate surface area is 108 Å². The molecular formula is C13H20N4O. The van der Waals surface area contributed by atoms with E-state index in [1.54, 1.807) is 6.20 Å². The van der Waals surface area contributed by atoms with E-state index in [9.17, 15) is 4.79 Å². The van der Waals surface area contributed by atoms with E-state index < -0.39 is 0 Å². The van der Waals surface area contributed by atoms with Gasteiger partial charge in [-0.05, 0) is 33.4 Å². The van der Waals surface area contributed by atoms with Gasteiger partial charge in [-0.2, -0.15) is 0 Å². The van der Waals surface area contributed by atoms with Crippen molar-refractivity contribution in [3.8, 4) is 0 Å². The van der Waals surface area contributed by atoms with Crippen LogP contribution in [0.4, 0.5) is 0 Å². The Bertz CT molecular complexity index is 421. The number of piperidine rings is 1. The quantitative estimate of drug-likeness (QED) is 0.868. The van der Waals surface area contributed by atoms with Crippen LogP contribution in [0.5, 0.6) is 0 Å². The lowest BCUT2D eigenvalue weighted by Gasteiger charge is -2.29. The minimum atomic E-state index is -0.143. The fourth-order valence-corrected chi connectivity index (χ4v) is 2.35. The number of hydrogen-bond acceptors (Lipinski definition) is 4. The van der Waals surface area contributed by atoms with Crippen molar-refractivity contribution in [1.29, 1.82) is 0 Å². The van der Waals surface area contributed by atoms with Crippen molar-refractivity contribution in [3.05, 3.63) is 23.8 Å². The van der Waals surface area contributed by atoms with Crippen LogP contribution in [0.3, 0.4) is 0 Å². The molecule has 0 unspecified atom stereocenters. The molecule has 5 nitrogen and oxygen atoms in total. The predicted octanol–water partition coefficient (Wildman–Crippen LogP) is 1.04. The molecule has 0 radical (unpaired) electrons. The van der Waals surface area contributed by atoms with Crippen molar-refractivity contribution in [3.63, 3.8) is 0 Å². The molecule has 1 aromatic rings. The Morgan fingerprint density at radius 1 is 1.56 bits per heavy atom. The Kier molecular flexibility index (Phi) is 4.25. The molecular weight excluding hydrogens is 228 g/mol. The van der Waals surface area contributed by atoms with Gasteiger partial charge >= 0.3 is 0 Å². The lowest BCUT2D eigenvalue weighted by atomic mass is 9.95. The molecule has 1 aliphatic heterocycles. The fraction of sp³-hybridized carbons (Fsp3) is 0.615. The van der Waals surface area contributed by atoms with Gasteiger partial charge in [0.15, 0.2) is 0 Å². The summed E-state index contributed by atoms with van der Waals surface area (Å²) in [6, 6.07) is 0. The number of amides is 1. The molecule has 0 spiro atoms. The molecule has 0 bridgehead atoms. The summed E-state index contributed by atoms with van der Waals surface area (Å²) in [5, 5.41) is 2.75. The normalized spacial score (nSPS) is 20.7. The van der Waals surface area contributed by atoms with Crippen molar-refractivity contribution in [2.75, 3.05) is 26.7 Å². The minimum Gasteiger partial charge on any atom is -0.351 e. The summed E-state index contributed by atoms with van der Waals surface area (Å²) in [5.41, 5.74) is 1.35. The van der Waals surface area contributed by atoms with Crippen molar-refractivity contribution < 1.29 is 4.79 Å². The average Bonchev–Trinajstić information content (AvgIpc) is 2.39. The van der Waals surface area contributed by atoms with Crippen LogP contribution in [0.1, 0.15) is 41.9 Å². The van der Waals surface area contributed by atoms with E-state index in [4.69, 9.17) is 0 Å². The third-order valence-electron chi connectivity index (χ3n) is 3.27. The van der Waals surface area contributed by atoms with Crippen LogP contribution in [-0.4, -0.2) is 47.5 Å². The SMILES string of the molecule is CCNC(=O)c1cncc([C@H]2CCCN(C)C2)n1. The molecule has 1 aromatic heterocycles. The van der Waals surface area contributed by atoms with Gasteiger partial charge in [-0.25, -0.2) is 4.98 Å². The molecule has 1 N–H and O–H groups in total. The summed E-state index contributed by atoms with van der Waals surface area (Å²) in [4.78, 5) is 22.6. The van der Waals surface area contributed by atoms with Crippen LogP contribution < -0.4 is 5.32 Å². The Balaban J connectivity index is 2.13. The number of rotatable bonds is 3. The molecule has 1 aliphatic rings. The molecule has 1 amide bonds. The zero-order valence-electron chi connectivity index (χ0n) is 11.0. The lowest BCUT2D eigenvalue weighted by Crippen LogP contribution is -2.32. The van der Waals surface area contributed by atoms with Gasteiger partial charge in [0.2, 0.25) is 0 Å². The zero-order chi connectivity index (χ0) is 13.0. The van der Waals surface area contributed by atoms with Crippen LogP contribution in [0.15, 0.2) is 12.4 Å². The Morgan fingerprint density at radius 3 is 3.11 bits per heavy atom. The van der Waals surface area contributed by atoms with Gasteiger partial charge in [0.05, 0.1) is 11.9 Å². The summed E-state index contributed by atoms with van der Waals surface area (Å²) < 4.78 is 0. The van der Waals surface area contributed by atoms with Crippen LogP contribution in [0.25, 0.3) is 0 Å². The summed E-state index contributed by atoms with van der Waals surface area (Å²) in [5.74, 6) is 0.252. The maximum atomic E-state index is 11.7. The summed E-state index contributed by atoms with van der Waals surface area (Å²) in [7, 11) is 2.12. The largest absolute Gasteiger partial charge is 0.351 e. The molecule has 1 atom stereocenters. The van der Waals surface area contributed by atoms with Crippen LogP contribution in [0.2, 0.25) is 0 Å². The maximum Gasteiger partial charge on any atom is 0.271 e. The number of likely N-dealkylation sites (tertiary alicyclic amines) is 1. The summed E-state index contributed by atoms with van der Waals surface area (Å²) >= 11 is 0. The number of carbonyl (C=O) groups excluding carboxylic acids is 1. The highest BCUT2D eigenvalue weighted by atomic mass is 16.1. The molecule has 2 heterocycles. The number of hydrogen-bond donors (Lipinski definition) is 1. The fourth-order valence-electron chi connectivity index (χ4n) is 2.35. The van der Waals surface area contributed by atoms with Crippen LogP contribution in [-0.2, 0) is 0 Å². The van der Waals surface area contributed by atoms with Gasteiger partial charge in [-0.1, -0.05) is 0 Å². The van der Waals surface area contributed by atoms with E-state index in [0.29, 0.717) is 18.2 Å². The van der Waals surface area contributed by atoms with Crippen molar-refractivity contribution in [2.45, 2.75) is 25.7 Å². The Morgan fingerprint density at radius 2 is 2.39 bits per heavy atom. The number of nitrogens with one attached hydrogen (secondary N) is 1. The molecule has 0 saturated carbocycles. The predicted molar refractivity (Wildman–Crippen MR) is 69.5 cm³/mol. The molecule has 1 fully saturated rings. The number of likely N-dealkylation sites (N-methyl/N-ethyl adjacent to an activating group) is 1. The summed E-state index contributed by atoms with van der Waals surface area (Å²) in [6.07, 6.45) is 5.61. The highest BCUT2D eigenvalue weighted by Gasteiger charge is 2.21. The standard InChI is InChI=1S/C13H20N4O/c1-3-15-13(18)12-8-14-7-11(16-12)10-5-4-6-17(2)9-10/h7-8,10H,3-6,9H2,1-2H3,(H,15,18)/t10-/m0/s1. The second-order valence-electron chi connectivity index (χ2n) is 4.79. The second kappa shape index (κ2) is 5.91. The smallest absolute Gasteiger partial charge is 0.271 e. The molecule has 0 aliphatic carbocycles. The van der Waals surface area contributed by atoms with Gasteiger partial charge in [0.25, 0.3) is 5.91 Å². The monoisotopic (exact) mass is 248 g/mol. The number of aromatic nitrogens is 2. The third-order valence-corrected chi connectivity index (χ3v) is 3.27. The van der Waals surface area contributed by atoms with E-state index >= 15 is 0 Å². The van der Waals surface area contributed by atoms with Gasteiger partial charge in [-0.3, -0.25) is 9.78 Å². The molecule has 1 saturated heterocycles.